The Morgan fingerprint density at radius 1 is 1.05 bits per heavy atom. The first-order chi connectivity index (χ1) is 9.70. The Bertz CT molecular complexity index is 778. The molecule has 2 aromatic carbocycles. The topological polar surface area (TPSA) is 72.2 Å². The summed E-state index contributed by atoms with van der Waals surface area (Å²) in [6, 6.07) is 8.50. The molecule has 0 aliphatic rings. The number of nitrogens with one attached hydrogen (secondary N) is 1. The van der Waals surface area contributed by atoms with Crippen molar-refractivity contribution in [1.82, 2.24) is 0 Å². The molecule has 0 amide bonds. The van der Waals surface area contributed by atoms with Crippen molar-refractivity contribution in [3.63, 3.8) is 0 Å². The minimum absolute atomic E-state index is 0.150. The van der Waals surface area contributed by atoms with Gasteiger partial charge < -0.3 is 5.73 Å². The van der Waals surface area contributed by atoms with Crippen LogP contribution in [0.3, 0.4) is 0 Å². The summed E-state index contributed by atoms with van der Waals surface area (Å²) in [7, 11) is -3.67. The first-order valence-corrected chi connectivity index (χ1v) is 8.64. The smallest absolute Gasteiger partial charge is 0.262 e. The number of nitrogens with two attached hydrogens (primary N) is 1. The number of benzene rings is 2. The minimum atomic E-state index is -3.67. The molecule has 2 aromatic rings. The molecule has 3 N–H and O–H groups in total. The van der Waals surface area contributed by atoms with Crippen molar-refractivity contribution >= 4 is 37.3 Å². The highest BCUT2D eigenvalue weighted by Gasteiger charge is 2.18. The minimum Gasteiger partial charge on any atom is -0.398 e. The van der Waals surface area contributed by atoms with Gasteiger partial charge in [-0.1, -0.05) is 12.1 Å². The monoisotopic (exact) mass is 368 g/mol. The lowest BCUT2D eigenvalue weighted by Gasteiger charge is -2.14. The van der Waals surface area contributed by atoms with Crippen LogP contribution in [0.15, 0.2) is 39.7 Å². The Hall–Kier alpha value is -1.53. The summed E-state index contributed by atoms with van der Waals surface area (Å²) in [4.78, 5) is 0.150. The van der Waals surface area contributed by atoms with E-state index >= 15 is 0 Å². The molecule has 2 rings (SSSR count). The van der Waals surface area contributed by atoms with Crippen LogP contribution in [0, 0.1) is 20.8 Å². The number of aryl methyl sites for hydroxylation is 3. The number of nitrogen functional groups attached to an aromatic ring is 1. The second-order valence-electron chi connectivity index (χ2n) is 5.06. The molecule has 0 aliphatic carbocycles. The van der Waals surface area contributed by atoms with Crippen molar-refractivity contribution in [3.8, 4) is 0 Å². The van der Waals surface area contributed by atoms with Crippen molar-refractivity contribution in [1.29, 1.82) is 0 Å². The van der Waals surface area contributed by atoms with E-state index in [4.69, 9.17) is 5.73 Å². The highest BCUT2D eigenvalue weighted by Crippen LogP contribution is 2.30. The summed E-state index contributed by atoms with van der Waals surface area (Å²) in [6.07, 6.45) is 0. The van der Waals surface area contributed by atoms with Crippen LogP contribution in [0.1, 0.15) is 16.7 Å². The lowest BCUT2D eigenvalue weighted by molar-refractivity contribution is 0.601. The van der Waals surface area contributed by atoms with Gasteiger partial charge in [-0.3, -0.25) is 4.72 Å². The van der Waals surface area contributed by atoms with Crippen LogP contribution in [0.25, 0.3) is 0 Å². The molecule has 21 heavy (non-hydrogen) atoms. The fourth-order valence-corrected chi connectivity index (χ4v) is 4.11. The summed E-state index contributed by atoms with van der Waals surface area (Å²) < 4.78 is 28.3. The summed E-state index contributed by atoms with van der Waals surface area (Å²) in [5.74, 6) is 0. The van der Waals surface area contributed by atoms with Crippen molar-refractivity contribution in [2.24, 2.45) is 0 Å². The van der Waals surface area contributed by atoms with E-state index in [0.29, 0.717) is 15.8 Å². The Morgan fingerprint density at radius 2 is 1.71 bits per heavy atom. The molecule has 112 valence electrons. The lowest BCUT2D eigenvalue weighted by atomic mass is 10.1. The van der Waals surface area contributed by atoms with Gasteiger partial charge >= 0.3 is 0 Å². The van der Waals surface area contributed by atoms with E-state index in [9.17, 15) is 8.42 Å². The van der Waals surface area contributed by atoms with Gasteiger partial charge in [0.15, 0.2) is 0 Å². The molecule has 0 radical (unpaired) electrons. The van der Waals surface area contributed by atoms with E-state index in [1.165, 1.54) is 6.07 Å². The van der Waals surface area contributed by atoms with Gasteiger partial charge in [0.05, 0.1) is 10.6 Å². The standard InChI is InChI=1S/C15H17BrN2O2S/c1-9-6-11(3)15(13(16)7-9)18-21(19,20)12-5-4-10(2)14(17)8-12/h4-8,18H,17H2,1-3H3. The van der Waals surface area contributed by atoms with Crippen LogP contribution in [-0.4, -0.2) is 8.42 Å². The molecule has 0 aromatic heterocycles. The molecule has 6 heteroatoms. The summed E-state index contributed by atoms with van der Waals surface area (Å²) >= 11 is 3.40. The third kappa shape index (κ3) is 3.39. The number of hydrogen-bond donors (Lipinski definition) is 2. The average Bonchev–Trinajstić information content (AvgIpc) is 2.37. The predicted octanol–water partition coefficient (Wildman–Crippen LogP) is 3.76. The molecule has 0 spiro atoms. The van der Waals surface area contributed by atoms with Crippen LogP contribution in [0.2, 0.25) is 0 Å². The van der Waals surface area contributed by atoms with E-state index in [0.717, 1.165) is 16.7 Å². The molecular formula is C15H17BrN2O2S. The van der Waals surface area contributed by atoms with Gasteiger partial charge in [0.1, 0.15) is 0 Å². The first-order valence-electron chi connectivity index (χ1n) is 6.36. The predicted molar refractivity (Wildman–Crippen MR) is 90.0 cm³/mol. The summed E-state index contributed by atoms with van der Waals surface area (Å²) in [6.45, 7) is 5.65. The molecule has 0 heterocycles. The van der Waals surface area contributed by atoms with Gasteiger partial charge in [0.2, 0.25) is 0 Å². The number of rotatable bonds is 3. The number of halogens is 1. The SMILES string of the molecule is Cc1cc(C)c(NS(=O)(=O)c2ccc(C)c(N)c2)c(Br)c1. The summed E-state index contributed by atoms with van der Waals surface area (Å²) in [5.41, 5.74) is 9.54. The average molecular weight is 369 g/mol. The number of hydrogen-bond acceptors (Lipinski definition) is 3. The molecule has 0 aliphatic heterocycles. The Labute approximate surface area is 133 Å². The van der Waals surface area contributed by atoms with Gasteiger partial charge in [-0.2, -0.15) is 0 Å². The normalized spacial score (nSPS) is 11.4. The lowest BCUT2D eigenvalue weighted by Crippen LogP contribution is -2.14. The van der Waals surface area contributed by atoms with E-state index < -0.39 is 10.0 Å². The molecule has 0 saturated carbocycles. The number of sulfonamides is 1. The first kappa shape index (κ1) is 15.9. The van der Waals surface area contributed by atoms with Crippen molar-refractivity contribution in [2.45, 2.75) is 25.7 Å². The quantitative estimate of drug-likeness (QED) is 0.810. The molecule has 0 unspecified atom stereocenters. The fraction of sp³-hybridized carbons (Fsp3) is 0.200. The van der Waals surface area contributed by atoms with Gasteiger partial charge in [0.25, 0.3) is 10.0 Å². The highest BCUT2D eigenvalue weighted by atomic mass is 79.9. The third-order valence-electron chi connectivity index (χ3n) is 3.23. The fourth-order valence-electron chi connectivity index (χ4n) is 2.02. The Morgan fingerprint density at radius 3 is 2.29 bits per heavy atom. The van der Waals surface area contributed by atoms with Gasteiger partial charge in [-0.15, -0.1) is 0 Å². The van der Waals surface area contributed by atoms with Crippen LogP contribution in [0.4, 0.5) is 11.4 Å². The molecule has 0 saturated heterocycles. The van der Waals surface area contributed by atoms with E-state index in [1.807, 2.05) is 32.9 Å². The van der Waals surface area contributed by atoms with E-state index in [2.05, 4.69) is 20.7 Å². The van der Waals surface area contributed by atoms with Crippen molar-refractivity contribution < 1.29 is 8.42 Å². The second-order valence-corrected chi connectivity index (χ2v) is 7.60. The zero-order valence-electron chi connectivity index (χ0n) is 12.1. The van der Waals surface area contributed by atoms with Gasteiger partial charge in [-0.05, 0) is 71.6 Å². The maximum absolute atomic E-state index is 12.5. The third-order valence-corrected chi connectivity index (χ3v) is 5.20. The van der Waals surface area contributed by atoms with Gasteiger partial charge in [0, 0.05) is 10.2 Å². The van der Waals surface area contributed by atoms with E-state index in [1.54, 1.807) is 12.1 Å². The van der Waals surface area contributed by atoms with Crippen LogP contribution >= 0.6 is 15.9 Å². The molecule has 4 nitrogen and oxygen atoms in total. The zero-order valence-corrected chi connectivity index (χ0v) is 14.5. The zero-order chi connectivity index (χ0) is 15.8. The van der Waals surface area contributed by atoms with Crippen LogP contribution < -0.4 is 10.5 Å². The maximum atomic E-state index is 12.5. The summed E-state index contributed by atoms with van der Waals surface area (Å²) in [5, 5.41) is 0. The molecule has 0 atom stereocenters. The second kappa shape index (κ2) is 5.69. The largest absolute Gasteiger partial charge is 0.398 e. The van der Waals surface area contributed by atoms with E-state index in [-0.39, 0.29) is 4.90 Å². The maximum Gasteiger partial charge on any atom is 0.262 e. The van der Waals surface area contributed by atoms with Gasteiger partial charge in [-0.25, -0.2) is 8.42 Å². The molecule has 0 fully saturated rings. The van der Waals surface area contributed by atoms with Crippen molar-refractivity contribution in [2.75, 3.05) is 10.5 Å². The number of anilines is 2. The van der Waals surface area contributed by atoms with Crippen LogP contribution in [-0.2, 0) is 10.0 Å². The molecule has 0 bridgehead atoms. The highest BCUT2D eigenvalue weighted by molar-refractivity contribution is 9.10. The van der Waals surface area contributed by atoms with Crippen molar-refractivity contribution in [3.05, 3.63) is 51.5 Å². The molecular weight excluding hydrogens is 352 g/mol. The Kier molecular flexibility index (Phi) is 4.30. The Balaban J connectivity index is 2.44. The van der Waals surface area contributed by atoms with Crippen LogP contribution in [0.5, 0.6) is 0 Å².